The summed E-state index contributed by atoms with van der Waals surface area (Å²) in [6.45, 7) is 4.80. The molecule has 0 aliphatic carbocycles. The van der Waals surface area contributed by atoms with E-state index in [0.717, 1.165) is 19.3 Å². The number of methoxy groups -OCH3 is 1. The Morgan fingerprint density at radius 3 is 2.56 bits per heavy atom. The van der Waals surface area contributed by atoms with Crippen LogP contribution in [-0.2, 0) is 19.1 Å². The van der Waals surface area contributed by atoms with Gasteiger partial charge >= 0.3 is 5.97 Å². The van der Waals surface area contributed by atoms with Crippen LogP contribution in [0.3, 0.4) is 0 Å². The van der Waals surface area contributed by atoms with Gasteiger partial charge in [-0.15, -0.1) is 0 Å². The molecule has 1 aliphatic heterocycles. The highest BCUT2D eigenvalue weighted by Crippen LogP contribution is 2.32. The number of esters is 1. The topological polar surface area (TPSA) is 55.8 Å². The van der Waals surface area contributed by atoms with Gasteiger partial charge in [-0.2, -0.15) is 0 Å². The molecule has 1 fully saturated rings. The molecule has 104 valence electrons. The predicted molar refractivity (Wildman–Crippen MR) is 66.8 cm³/mol. The van der Waals surface area contributed by atoms with Gasteiger partial charge in [0.25, 0.3) is 0 Å². The maximum atomic E-state index is 12.1. The first-order chi connectivity index (χ1) is 8.62. The first-order valence-corrected chi connectivity index (χ1v) is 6.65. The minimum absolute atomic E-state index is 0.0368. The predicted octanol–water partition coefficient (Wildman–Crippen LogP) is 1.70. The standard InChI is InChI=1S/C13H23NO4/c1-4-7-11(15)14-9-6-8-13(14,17-3)12(16)18-10-5-2/h4-10H2,1-3H3/t13-/m1/s1. The van der Waals surface area contributed by atoms with Crippen molar-refractivity contribution in [1.29, 1.82) is 0 Å². The zero-order chi connectivity index (χ0) is 13.6. The van der Waals surface area contributed by atoms with E-state index in [9.17, 15) is 9.59 Å². The lowest BCUT2D eigenvalue weighted by atomic mass is 10.1. The normalized spacial score (nSPS) is 23.2. The maximum Gasteiger partial charge on any atom is 0.360 e. The van der Waals surface area contributed by atoms with Crippen LogP contribution in [0.15, 0.2) is 0 Å². The van der Waals surface area contributed by atoms with Gasteiger partial charge in [0.2, 0.25) is 11.6 Å². The summed E-state index contributed by atoms with van der Waals surface area (Å²) in [7, 11) is 1.46. The monoisotopic (exact) mass is 257 g/mol. The van der Waals surface area contributed by atoms with Crippen LogP contribution in [0.4, 0.5) is 0 Å². The van der Waals surface area contributed by atoms with E-state index in [4.69, 9.17) is 9.47 Å². The van der Waals surface area contributed by atoms with Crippen LogP contribution >= 0.6 is 0 Å². The molecule has 0 saturated carbocycles. The number of nitrogens with zero attached hydrogens (tertiary/aromatic N) is 1. The molecule has 0 unspecified atom stereocenters. The SMILES string of the molecule is CCCOC(=O)[C@]1(OC)CCCN1C(=O)CCC. The molecule has 1 aliphatic rings. The number of carbonyl (C=O) groups is 2. The van der Waals surface area contributed by atoms with Gasteiger partial charge in [0.05, 0.1) is 6.61 Å². The summed E-state index contributed by atoms with van der Waals surface area (Å²) in [6, 6.07) is 0. The highest BCUT2D eigenvalue weighted by atomic mass is 16.6. The highest BCUT2D eigenvalue weighted by Gasteiger charge is 2.51. The molecule has 1 amide bonds. The second-order valence-corrected chi connectivity index (χ2v) is 4.52. The summed E-state index contributed by atoms with van der Waals surface area (Å²) in [5.74, 6) is -0.473. The molecule has 0 aromatic carbocycles. The fraction of sp³-hybridized carbons (Fsp3) is 0.846. The summed E-state index contributed by atoms with van der Waals surface area (Å²) in [5, 5.41) is 0. The van der Waals surface area contributed by atoms with E-state index in [-0.39, 0.29) is 5.91 Å². The molecule has 1 rings (SSSR count). The maximum absolute atomic E-state index is 12.1. The third-order valence-corrected chi connectivity index (χ3v) is 3.19. The summed E-state index contributed by atoms with van der Waals surface area (Å²) in [6.07, 6.45) is 3.24. The van der Waals surface area contributed by atoms with Crippen LogP contribution in [0.2, 0.25) is 0 Å². The molecule has 5 heteroatoms. The van der Waals surface area contributed by atoms with Gasteiger partial charge in [-0.05, 0) is 19.3 Å². The third kappa shape index (κ3) is 2.83. The van der Waals surface area contributed by atoms with Crippen molar-refractivity contribution in [1.82, 2.24) is 4.90 Å². The van der Waals surface area contributed by atoms with Gasteiger partial charge in [0, 0.05) is 26.5 Å². The van der Waals surface area contributed by atoms with Crippen LogP contribution < -0.4 is 0 Å². The Morgan fingerprint density at radius 2 is 2.00 bits per heavy atom. The van der Waals surface area contributed by atoms with E-state index in [1.54, 1.807) is 0 Å². The molecule has 0 aromatic rings. The molecule has 0 N–H and O–H groups in total. The number of ether oxygens (including phenoxy) is 2. The van der Waals surface area contributed by atoms with Crippen LogP contribution in [0.25, 0.3) is 0 Å². The number of carbonyl (C=O) groups excluding carboxylic acids is 2. The van der Waals surface area contributed by atoms with Crippen LogP contribution in [0, 0.1) is 0 Å². The van der Waals surface area contributed by atoms with Crippen molar-refractivity contribution in [3.63, 3.8) is 0 Å². The average molecular weight is 257 g/mol. The summed E-state index contributed by atoms with van der Waals surface area (Å²) in [5.41, 5.74) is -1.19. The second-order valence-electron chi connectivity index (χ2n) is 4.52. The van der Waals surface area contributed by atoms with Crippen molar-refractivity contribution >= 4 is 11.9 Å². The zero-order valence-corrected chi connectivity index (χ0v) is 11.5. The molecule has 1 saturated heterocycles. The Bertz CT molecular complexity index is 305. The molecule has 0 radical (unpaired) electrons. The largest absolute Gasteiger partial charge is 0.462 e. The minimum atomic E-state index is -1.19. The van der Waals surface area contributed by atoms with E-state index in [0.29, 0.717) is 26.0 Å². The van der Waals surface area contributed by atoms with Gasteiger partial charge in [-0.1, -0.05) is 13.8 Å². The molecule has 5 nitrogen and oxygen atoms in total. The fourth-order valence-corrected chi connectivity index (χ4v) is 2.28. The van der Waals surface area contributed by atoms with Crippen LogP contribution in [-0.4, -0.2) is 42.8 Å². The van der Waals surface area contributed by atoms with Gasteiger partial charge in [-0.3, -0.25) is 4.79 Å². The molecule has 1 atom stereocenters. The summed E-state index contributed by atoms with van der Waals surface area (Å²) in [4.78, 5) is 25.7. The Kier molecular flexibility index (Phi) is 5.59. The van der Waals surface area contributed by atoms with Crippen molar-refractivity contribution in [3.05, 3.63) is 0 Å². The number of likely N-dealkylation sites (tertiary alicyclic amines) is 1. The van der Waals surface area contributed by atoms with Crippen molar-refractivity contribution in [2.45, 2.75) is 51.7 Å². The number of rotatable bonds is 6. The first-order valence-electron chi connectivity index (χ1n) is 6.65. The van der Waals surface area contributed by atoms with Gasteiger partial charge in [0.1, 0.15) is 0 Å². The van der Waals surface area contributed by atoms with Gasteiger partial charge in [0.15, 0.2) is 0 Å². The van der Waals surface area contributed by atoms with Gasteiger partial charge < -0.3 is 14.4 Å². The molecular weight excluding hydrogens is 234 g/mol. The third-order valence-electron chi connectivity index (χ3n) is 3.19. The Labute approximate surface area is 108 Å². The van der Waals surface area contributed by atoms with Crippen molar-refractivity contribution in [2.75, 3.05) is 20.3 Å². The molecular formula is C13H23NO4. The van der Waals surface area contributed by atoms with E-state index < -0.39 is 11.7 Å². The number of hydrogen-bond acceptors (Lipinski definition) is 4. The number of hydrogen-bond donors (Lipinski definition) is 0. The lowest BCUT2D eigenvalue weighted by Crippen LogP contribution is -2.55. The van der Waals surface area contributed by atoms with E-state index in [1.807, 2.05) is 13.8 Å². The number of amides is 1. The second kappa shape index (κ2) is 6.73. The van der Waals surface area contributed by atoms with Crippen LogP contribution in [0.5, 0.6) is 0 Å². The van der Waals surface area contributed by atoms with E-state index in [2.05, 4.69) is 0 Å². The minimum Gasteiger partial charge on any atom is -0.462 e. The van der Waals surface area contributed by atoms with Crippen LogP contribution in [0.1, 0.15) is 46.0 Å². The lowest BCUT2D eigenvalue weighted by molar-refractivity contribution is -0.193. The smallest absolute Gasteiger partial charge is 0.360 e. The molecule has 0 spiro atoms. The van der Waals surface area contributed by atoms with E-state index >= 15 is 0 Å². The molecule has 1 heterocycles. The fourth-order valence-electron chi connectivity index (χ4n) is 2.28. The average Bonchev–Trinajstić information content (AvgIpc) is 2.81. The molecule has 0 bridgehead atoms. The van der Waals surface area contributed by atoms with Gasteiger partial charge in [-0.25, -0.2) is 4.79 Å². The van der Waals surface area contributed by atoms with Crippen molar-refractivity contribution in [2.24, 2.45) is 0 Å². The van der Waals surface area contributed by atoms with Crippen molar-refractivity contribution < 1.29 is 19.1 Å². The van der Waals surface area contributed by atoms with E-state index in [1.165, 1.54) is 12.0 Å². The first kappa shape index (κ1) is 15.0. The molecule has 18 heavy (non-hydrogen) atoms. The Hall–Kier alpha value is -1.10. The zero-order valence-electron chi connectivity index (χ0n) is 11.5. The Balaban J connectivity index is 2.83. The highest BCUT2D eigenvalue weighted by molar-refractivity contribution is 5.87. The quantitative estimate of drug-likeness (QED) is 0.680. The lowest BCUT2D eigenvalue weighted by Gasteiger charge is -2.34. The Morgan fingerprint density at radius 1 is 1.28 bits per heavy atom. The molecule has 0 aromatic heterocycles. The van der Waals surface area contributed by atoms with Crippen molar-refractivity contribution in [3.8, 4) is 0 Å². The summed E-state index contributed by atoms with van der Waals surface area (Å²) < 4.78 is 10.5. The summed E-state index contributed by atoms with van der Waals surface area (Å²) >= 11 is 0.